The summed E-state index contributed by atoms with van der Waals surface area (Å²) >= 11 is -1.72. The van der Waals surface area contributed by atoms with E-state index < -0.39 is 13.3 Å². The van der Waals surface area contributed by atoms with Gasteiger partial charge in [-0.1, -0.05) is 120 Å². The van der Waals surface area contributed by atoms with Gasteiger partial charge in [-0.2, -0.15) is 0 Å². The molecule has 9 aromatic rings. The van der Waals surface area contributed by atoms with Crippen LogP contribution in [0.5, 0.6) is 0 Å². The van der Waals surface area contributed by atoms with Crippen LogP contribution in [-0.4, -0.2) is 24.0 Å². The zero-order chi connectivity index (χ0) is 38.1. The molecule has 0 spiro atoms. The molecule has 0 aliphatic carbocycles. The van der Waals surface area contributed by atoms with Crippen molar-refractivity contribution >= 4 is 51.0 Å². The second kappa shape index (κ2) is 16.4. The van der Waals surface area contributed by atoms with E-state index in [-0.39, 0.29) is 26.0 Å². The van der Waals surface area contributed by atoms with E-state index in [9.17, 15) is 0 Å². The van der Waals surface area contributed by atoms with E-state index in [1.54, 1.807) is 0 Å². The van der Waals surface area contributed by atoms with Crippen molar-refractivity contribution in [3.8, 4) is 33.5 Å². The molecule has 7 aromatic carbocycles. The average molecular weight is 974 g/mol. The summed E-state index contributed by atoms with van der Waals surface area (Å²) in [5.74, 6) is 7.08. The smallest absolute Gasteiger partial charge is 0.120 e. The summed E-state index contributed by atoms with van der Waals surface area (Å²) in [6, 6.07) is 67.9. The molecule has 57 heavy (non-hydrogen) atoms. The summed E-state index contributed by atoms with van der Waals surface area (Å²) in [4.78, 5) is 9.77. The van der Waals surface area contributed by atoms with E-state index in [1.807, 2.05) is 48.7 Å². The van der Waals surface area contributed by atoms with Gasteiger partial charge in [0, 0.05) is 31.4 Å². The van der Waals surface area contributed by atoms with Crippen LogP contribution in [-0.2, 0) is 20.1 Å². The van der Waals surface area contributed by atoms with Crippen molar-refractivity contribution in [1.82, 2.24) is 4.98 Å². The molecule has 0 N–H and O–H groups in total. The molecule has 10 rings (SSSR count). The number of aromatic nitrogens is 1. The molecule has 1 aliphatic rings. The predicted octanol–water partition coefficient (Wildman–Crippen LogP) is 13.1. The maximum atomic E-state index is 6.46. The Bertz CT molecular complexity index is 2830. The summed E-state index contributed by atoms with van der Waals surface area (Å²) in [6.45, 7) is 0. The number of hydrogen-bond acceptors (Lipinski definition) is 3. The van der Waals surface area contributed by atoms with E-state index in [0.29, 0.717) is 0 Å². The van der Waals surface area contributed by atoms with Crippen molar-refractivity contribution < 1.29 is 24.5 Å². The number of nitrogens with zero attached hydrogens (tertiary/aromatic N) is 2. The number of rotatable bonds is 6. The molecule has 0 bridgehead atoms. The molecular formula is C52H40GeIrN2O-2. The van der Waals surface area contributed by atoms with E-state index in [4.69, 9.17) is 9.41 Å². The number of hydrogen-bond donors (Lipinski definition) is 0. The molecule has 3 heterocycles. The number of para-hydroxylation sites is 2. The van der Waals surface area contributed by atoms with Crippen LogP contribution in [0.2, 0.25) is 17.3 Å². The van der Waals surface area contributed by atoms with Crippen molar-refractivity contribution in [2.24, 2.45) is 4.99 Å². The first-order chi connectivity index (χ1) is 27.4. The van der Waals surface area contributed by atoms with Crippen LogP contribution in [0.3, 0.4) is 0 Å². The summed E-state index contributed by atoms with van der Waals surface area (Å²) in [6.07, 6.45) is 2.04. The van der Waals surface area contributed by atoms with Gasteiger partial charge in [0.25, 0.3) is 0 Å². The number of aliphatic imine (C=N–C) groups is 1. The van der Waals surface area contributed by atoms with Gasteiger partial charge in [0.05, 0.1) is 11.3 Å². The zero-order valence-corrected chi connectivity index (χ0v) is 36.5. The molecule has 1 unspecified atom stereocenters. The minimum absolute atomic E-state index is 0. The normalized spacial score (nSPS) is 13.3. The largest absolute Gasteiger partial charge is 0.501 e. The van der Waals surface area contributed by atoms with Gasteiger partial charge in [0.15, 0.2) is 0 Å². The molecule has 2 aromatic heterocycles. The average Bonchev–Trinajstić information content (AvgIpc) is 3.83. The summed E-state index contributed by atoms with van der Waals surface area (Å²) in [5.41, 5.74) is 13.9. The molecule has 0 saturated carbocycles. The van der Waals surface area contributed by atoms with Crippen molar-refractivity contribution in [3.63, 3.8) is 0 Å². The number of furan rings is 1. The second-order valence-corrected chi connectivity index (χ2v) is 25.8. The topological polar surface area (TPSA) is 38.4 Å². The number of benzene rings is 7. The number of fused-ring (bicyclic) bond motifs is 4. The standard InChI is InChI=1S/C38H24NO.C14H16GeN.Ir/c1-3-12-25(13-4-1)27-22-23-29(33(24-27)26-14-5-2-6-15-26)36-31-17-7-9-20-34(31)39-37(36)32-19-11-18-30-28-16-8-10-21-35(28)40-38(30)32;1-15(2,3)13-9-10-14(16-11-13)12-7-5-4-6-8-12;/h1-18,20-24,36H;4-7,9-11H,1-3H3;/q2*-1;. The van der Waals surface area contributed by atoms with Crippen molar-refractivity contribution in [2.75, 3.05) is 0 Å². The molecule has 1 atom stereocenters. The molecular weight excluding hydrogens is 933 g/mol. The molecule has 1 radical (unpaired) electrons. The van der Waals surface area contributed by atoms with Crippen molar-refractivity contribution in [2.45, 2.75) is 23.2 Å². The Kier molecular flexibility index (Phi) is 11.0. The maximum absolute atomic E-state index is 6.46. The number of pyridine rings is 1. The third kappa shape index (κ3) is 7.74. The van der Waals surface area contributed by atoms with E-state index >= 15 is 0 Å². The van der Waals surface area contributed by atoms with Crippen molar-refractivity contribution in [3.05, 3.63) is 211 Å². The molecule has 0 amide bonds. The van der Waals surface area contributed by atoms with Gasteiger partial charge in [-0.25, -0.2) is 0 Å². The van der Waals surface area contributed by atoms with Gasteiger partial charge in [-0.15, -0.1) is 18.2 Å². The SMILES string of the molecule is [CH3][Ge]([CH3])([CH3])[c]1ccc(-c2[c-]cccc2)nc1.[Ir].[c-]1ccc2c(oc3ccccc32)c1C1=Nc2ccccc2C1c1ccc(-c2ccccc2)cc1-c1ccccc1. The van der Waals surface area contributed by atoms with Crippen LogP contribution < -0.4 is 4.40 Å². The van der Waals surface area contributed by atoms with Crippen LogP contribution in [0.1, 0.15) is 22.6 Å². The molecule has 0 saturated heterocycles. The van der Waals surface area contributed by atoms with Gasteiger partial charge < -0.3 is 4.42 Å². The van der Waals surface area contributed by atoms with Crippen LogP contribution in [0.15, 0.2) is 192 Å². The van der Waals surface area contributed by atoms with E-state index in [2.05, 4.69) is 168 Å². The Morgan fingerprint density at radius 1 is 0.579 bits per heavy atom. The van der Waals surface area contributed by atoms with E-state index in [0.717, 1.165) is 50.2 Å². The Hall–Kier alpha value is -5.65. The van der Waals surface area contributed by atoms with E-state index in [1.165, 1.54) is 37.8 Å². The van der Waals surface area contributed by atoms with Crippen LogP contribution in [0, 0.1) is 12.1 Å². The minimum Gasteiger partial charge on any atom is -0.501 e. The van der Waals surface area contributed by atoms with Gasteiger partial charge in [0.1, 0.15) is 5.58 Å². The fourth-order valence-electron chi connectivity index (χ4n) is 7.61. The van der Waals surface area contributed by atoms with Crippen LogP contribution in [0.4, 0.5) is 5.69 Å². The minimum atomic E-state index is -1.72. The van der Waals surface area contributed by atoms with Gasteiger partial charge >= 0.3 is 99.8 Å². The third-order valence-corrected chi connectivity index (χ3v) is 14.8. The first-order valence-electron chi connectivity index (χ1n) is 19.1. The summed E-state index contributed by atoms with van der Waals surface area (Å²) in [7, 11) is 0. The molecule has 3 nitrogen and oxygen atoms in total. The Labute approximate surface area is 350 Å². The Balaban J connectivity index is 0.000000226. The molecule has 279 valence electrons. The van der Waals surface area contributed by atoms with Gasteiger partial charge in [-0.05, 0) is 57.3 Å². The molecule has 1 aliphatic heterocycles. The summed E-state index contributed by atoms with van der Waals surface area (Å²) < 4.78 is 7.90. The first-order valence-corrected chi connectivity index (χ1v) is 26.4. The predicted molar refractivity (Wildman–Crippen MR) is 236 cm³/mol. The maximum Gasteiger partial charge on any atom is 0.120 e. The zero-order valence-electron chi connectivity index (χ0n) is 32.0. The third-order valence-electron chi connectivity index (χ3n) is 10.5. The van der Waals surface area contributed by atoms with Gasteiger partial charge in [-0.3, -0.25) is 4.99 Å². The Morgan fingerprint density at radius 3 is 2.04 bits per heavy atom. The summed E-state index contributed by atoms with van der Waals surface area (Å²) in [5, 5.41) is 2.20. The second-order valence-electron chi connectivity index (χ2n) is 15.2. The first kappa shape index (κ1) is 38.2. The monoisotopic (exact) mass is 975 g/mol. The van der Waals surface area contributed by atoms with Gasteiger partial charge in [0.2, 0.25) is 0 Å². The van der Waals surface area contributed by atoms with Crippen molar-refractivity contribution in [1.29, 1.82) is 0 Å². The molecule has 0 fully saturated rings. The Morgan fingerprint density at radius 2 is 1.30 bits per heavy atom. The van der Waals surface area contributed by atoms with Crippen LogP contribution in [0.25, 0.3) is 55.4 Å². The quantitative estimate of drug-likeness (QED) is 0.123. The fourth-order valence-corrected chi connectivity index (χ4v) is 9.78. The van der Waals surface area contributed by atoms with Crippen LogP contribution >= 0.6 is 0 Å². The molecule has 5 heteroatoms. The fraction of sp³-hybridized carbons (Fsp3) is 0.0769.